The van der Waals surface area contributed by atoms with Gasteiger partial charge in [-0.15, -0.1) is 0 Å². The molecule has 0 spiro atoms. The van der Waals surface area contributed by atoms with Crippen molar-refractivity contribution in [2.45, 2.75) is 147 Å². The van der Waals surface area contributed by atoms with Gasteiger partial charge >= 0.3 is 0 Å². The van der Waals surface area contributed by atoms with Crippen molar-refractivity contribution in [3.05, 3.63) is 0 Å². The van der Waals surface area contributed by atoms with Crippen LogP contribution in [0.3, 0.4) is 0 Å². The van der Waals surface area contributed by atoms with Crippen molar-refractivity contribution < 1.29 is 130 Å². The summed E-state index contributed by atoms with van der Waals surface area (Å²) in [4.78, 5) is 11.0. The smallest absolute Gasteiger partial charge is 0.187 e. The molecule has 0 amide bonds. The fraction of sp³-hybridized carbons (Fsp3) is 0.967. The van der Waals surface area contributed by atoms with E-state index in [9.17, 15) is 91.6 Å². The van der Waals surface area contributed by atoms with Crippen molar-refractivity contribution >= 4 is 6.29 Å². The average molecular weight is 829 g/mol. The number of aldehydes is 1. The number of ether oxygens (including phenoxy) is 8. The third-order valence-electron chi connectivity index (χ3n) is 9.87. The molecule has 4 aliphatic rings. The van der Waals surface area contributed by atoms with Crippen LogP contribution < -0.4 is 0 Å². The molecule has 56 heavy (non-hydrogen) atoms. The van der Waals surface area contributed by atoms with Gasteiger partial charge in [0, 0.05) is 0 Å². The Balaban J connectivity index is 1.43. The lowest BCUT2D eigenvalue weighted by Gasteiger charge is -2.49. The first-order valence-corrected chi connectivity index (χ1v) is 17.4. The molecule has 24 atom stereocenters. The minimum Gasteiger partial charge on any atom is -0.394 e. The lowest BCUT2D eigenvalue weighted by Crippen LogP contribution is -2.67. The topological polar surface area (TPSA) is 435 Å². The van der Waals surface area contributed by atoms with E-state index in [1.54, 1.807) is 0 Å². The van der Waals surface area contributed by atoms with Gasteiger partial charge in [-0.05, 0) is 0 Å². The van der Waals surface area contributed by atoms with Crippen LogP contribution in [-0.4, -0.2) is 273 Å². The van der Waals surface area contributed by atoms with Gasteiger partial charge in [-0.1, -0.05) is 0 Å². The molecule has 4 rings (SSSR count). The SMILES string of the molecule is O=C[C@@H](O)[C@@H](O)[C@H](O[C@@H]1O[C@H](CO)[C@@H](O[C@@H]2O[C@H](CO)[C@@H](O[C@@H]3O[C@H](CO)[C@@H](O[C@@H]4O[C@H](CO)[C@@H](O)[C@H](O)[C@@H]4O)[C@H](O)[C@@H]3O)[C@H](O)[C@@H]2O)[C@H](O)[C@@H]1O)[C@H](O)CO. The van der Waals surface area contributed by atoms with Gasteiger partial charge in [-0.3, -0.25) is 0 Å². The Morgan fingerprint density at radius 2 is 0.804 bits per heavy atom. The normalized spacial score (nSPS) is 47.2. The monoisotopic (exact) mass is 828 g/mol. The molecule has 17 N–H and O–H groups in total. The Morgan fingerprint density at radius 1 is 0.464 bits per heavy atom. The van der Waals surface area contributed by atoms with Crippen molar-refractivity contribution in [1.82, 2.24) is 0 Å². The Morgan fingerprint density at radius 3 is 1.16 bits per heavy atom. The van der Waals surface area contributed by atoms with Gasteiger partial charge in [0.2, 0.25) is 0 Å². The number of hydrogen-bond donors (Lipinski definition) is 17. The van der Waals surface area contributed by atoms with Crippen LogP contribution in [0.25, 0.3) is 0 Å². The highest BCUT2D eigenvalue weighted by molar-refractivity contribution is 5.56. The summed E-state index contributed by atoms with van der Waals surface area (Å²) >= 11 is 0. The number of rotatable bonds is 17. The molecule has 0 aliphatic carbocycles. The molecule has 26 heteroatoms. The van der Waals surface area contributed by atoms with Crippen LogP contribution in [0.2, 0.25) is 0 Å². The maximum Gasteiger partial charge on any atom is 0.187 e. The van der Waals surface area contributed by atoms with Crippen LogP contribution in [0.4, 0.5) is 0 Å². The quantitative estimate of drug-likeness (QED) is 0.0605. The summed E-state index contributed by atoms with van der Waals surface area (Å²) in [5, 5.41) is 175. The fourth-order valence-electron chi connectivity index (χ4n) is 6.58. The van der Waals surface area contributed by atoms with E-state index >= 15 is 0 Å². The first-order chi connectivity index (χ1) is 26.5. The Bertz CT molecular complexity index is 1180. The molecule has 4 heterocycles. The summed E-state index contributed by atoms with van der Waals surface area (Å²) in [6.45, 7) is -4.84. The van der Waals surface area contributed by atoms with Gasteiger partial charge < -0.3 is 130 Å². The Hall–Kier alpha value is -1.33. The lowest BCUT2D eigenvalue weighted by atomic mass is 9.95. The molecule has 0 aromatic carbocycles. The number of carbonyl (C=O) groups excluding carboxylic acids is 1. The van der Waals surface area contributed by atoms with E-state index in [4.69, 9.17) is 37.9 Å². The van der Waals surface area contributed by atoms with E-state index in [0.29, 0.717) is 0 Å². The molecule has 328 valence electrons. The molecule has 0 saturated carbocycles. The van der Waals surface area contributed by atoms with E-state index in [-0.39, 0.29) is 6.29 Å². The zero-order valence-corrected chi connectivity index (χ0v) is 29.2. The summed E-state index contributed by atoms with van der Waals surface area (Å²) in [6.07, 6.45) is -46.1. The van der Waals surface area contributed by atoms with E-state index in [1.165, 1.54) is 0 Å². The minimum atomic E-state index is -2.17. The van der Waals surface area contributed by atoms with Gasteiger partial charge in [-0.2, -0.15) is 0 Å². The zero-order chi connectivity index (χ0) is 41.8. The summed E-state index contributed by atoms with van der Waals surface area (Å²) in [6, 6.07) is 0. The molecule has 4 saturated heterocycles. The molecule has 26 nitrogen and oxygen atoms in total. The predicted octanol–water partition coefficient (Wildman–Crippen LogP) is -12.1. The third kappa shape index (κ3) is 9.99. The van der Waals surface area contributed by atoms with Crippen molar-refractivity contribution in [1.29, 1.82) is 0 Å². The second-order valence-corrected chi connectivity index (χ2v) is 13.6. The zero-order valence-electron chi connectivity index (χ0n) is 29.2. The number of hydrogen-bond acceptors (Lipinski definition) is 26. The number of aliphatic hydroxyl groups excluding tert-OH is 17. The molecule has 0 bridgehead atoms. The van der Waals surface area contributed by atoms with Crippen LogP contribution in [0.5, 0.6) is 0 Å². The maximum atomic E-state index is 11.1. The summed E-state index contributed by atoms with van der Waals surface area (Å²) in [5.41, 5.74) is 0. The van der Waals surface area contributed by atoms with Crippen molar-refractivity contribution in [2.75, 3.05) is 33.0 Å². The van der Waals surface area contributed by atoms with Crippen molar-refractivity contribution in [3.63, 3.8) is 0 Å². The van der Waals surface area contributed by atoms with E-state index in [1.807, 2.05) is 0 Å². The summed E-state index contributed by atoms with van der Waals surface area (Å²) in [5.74, 6) is 0. The largest absolute Gasteiger partial charge is 0.394 e. The fourth-order valence-corrected chi connectivity index (χ4v) is 6.58. The van der Waals surface area contributed by atoms with Gasteiger partial charge in [0.05, 0.1) is 33.0 Å². The first kappa shape index (κ1) is 47.3. The molecular formula is C30H52O26. The van der Waals surface area contributed by atoms with Crippen LogP contribution in [-0.2, 0) is 42.7 Å². The van der Waals surface area contributed by atoms with E-state index < -0.39 is 180 Å². The molecule has 0 aromatic rings. The second kappa shape index (κ2) is 20.8. The van der Waals surface area contributed by atoms with Crippen molar-refractivity contribution in [3.8, 4) is 0 Å². The predicted molar refractivity (Wildman–Crippen MR) is 168 cm³/mol. The van der Waals surface area contributed by atoms with E-state index in [0.717, 1.165) is 0 Å². The second-order valence-electron chi connectivity index (χ2n) is 13.6. The number of aliphatic hydroxyl groups is 17. The Kier molecular flexibility index (Phi) is 17.6. The van der Waals surface area contributed by atoms with Crippen LogP contribution in [0.15, 0.2) is 0 Å². The van der Waals surface area contributed by atoms with Crippen molar-refractivity contribution in [2.24, 2.45) is 0 Å². The van der Waals surface area contributed by atoms with Crippen LogP contribution in [0, 0.1) is 0 Å². The van der Waals surface area contributed by atoms with Crippen LogP contribution >= 0.6 is 0 Å². The molecule has 0 radical (unpaired) electrons. The highest BCUT2D eigenvalue weighted by Crippen LogP contribution is 2.34. The van der Waals surface area contributed by atoms with Crippen LogP contribution in [0.1, 0.15) is 0 Å². The summed E-state index contributed by atoms with van der Waals surface area (Å²) in [7, 11) is 0. The molecule has 0 aromatic heterocycles. The standard InChI is InChI=1S/C30H52O26/c31-1-7(37)13(39)23(8(38)2-32)53-28-20(46)16(42)25(10(4-34)50-28)55-30-22(48)18(44)26(12(6-36)52-30)56-29-21(47)17(43)24(11(5-35)51-29)54-27-19(45)15(41)14(40)9(3-33)49-27/h1,7-30,32-48H,2-6H2/t7-,8-,9-,10-,11-,12-,13-,14-,15+,16-,17-,18-,19+,20+,21+,22+,23-,24-,25-,26-,27+,28+,29+,30+/m1/s1. The van der Waals surface area contributed by atoms with E-state index in [2.05, 4.69) is 0 Å². The molecule has 4 aliphatic heterocycles. The highest BCUT2D eigenvalue weighted by Gasteiger charge is 2.55. The maximum absolute atomic E-state index is 11.1. The highest BCUT2D eigenvalue weighted by atomic mass is 16.8. The first-order valence-electron chi connectivity index (χ1n) is 17.4. The minimum absolute atomic E-state index is 0.112. The van der Waals surface area contributed by atoms with Gasteiger partial charge in [0.25, 0.3) is 0 Å². The van der Waals surface area contributed by atoms with Gasteiger partial charge in [-0.25, -0.2) is 0 Å². The third-order valence-corrected chi connectivity index (χ3v) is 9.87. The van der Waals surface area contributed by atoms with Gasteiger partial charge in [0.1, 0.15) is 122 Å². The molecule has 0 unspecified atom stereocenters. The molecule has 4 fully saturated rings. The molecular weight excluding hydrogens is 776 g/mol. The Labute approximate surface area is 316 Å². The van der Waals surface area contributed by atoms with Gasteiger partial charge in [0.15, 0.2) is 31.4 Å². The summed E-state index contributed by atoms with van der Waals surface area (Å²) < 4.78 is 43.6. The lowest BCUT2D eigenvalue weighted by molar-refractivity contribution is -0.390. The average Bonchev–Trinajstić information content (AvgIpc) is 3.20. The number of carbonyl (C=O) groups is 1.